The highest BCUT2D eigenvalue weighted by molar-refractivity contribution is 6.24. The molecule has 0 atom stereocenters. The van der Waals surface area contributed by atoms with Crippen LogP contribution in [-0.4, -0.2) is 9.13 Å². The van der Waals surface area contributed by atoms with E-state index in [1.165, 1.54) is 66.3 Å². The van der Waals surface area contributed by atoms with Crippen LogP contribution in [0.25, 0.3) is 110 Å². The van der Waals surface area contributed by atoms with Crippen LogP contribution in [-0.2, 0) is 0 Å². The monoisotopic (exact) mass is 648 g/mol. The zero-order valence-electron chi connectivity index (χ0n) is 27.5. The highest BCUT2D eigenvalue weighted by atomic mass is 16.3. The Hall–Kier alpha value is -6.84. The van der Waals surface area contributed by atoms with Crippen LogP contribution in [0.5, 0.6) is 0 Å². The zero-order chi connectivity index (χ0) is 33.2. The number of furan rings is 1. The lowest BCUT2D eigenvalue weighted by Crippen LogP contribution is -1.96. The van der Waals surface area contributed by atoms with Crippen LogP contribution in [0.3, 0.4) is 0 Å². The first-order valence-electron chi connectivity index (χ1n) is 17.5. The molecule has 11 aromatic rings. The Kier molecular flexibility index (Phi) is 5.23. The predicted molar refractivity (Wildman–Crippen MR) is 212 cm³/mol. The number of fused-ring (bicyclic) bond motifs is 15. The van der Waals surface area contributed by atoms with Gasteiger partial charge in [-0.2, -0.15) is 0 Å². The smallest absolute Gasteiger partial charge is 0.145 e. The topological polar surface area (TPSA) is 23.0 Å². The summed E-state index contributed by atoms with van der Waals surface area (Å²) in [7, 11) is 0. The van der Waals surface area contributed by atoms with E-state index < -0.39 is 0 Å². The molecular formula is C48H28N2O. The van der Waals surface area contributed by atoms with Crippen LogP contribution in [0.4, 0.5) is 0 Å². The van der Waals surface area contributed by atoms with Crippen LogP contribution < -0.4 is 0 Å². The third kappa shape index (κ3) is 3.57. The highest BCUT2D eigenvalue weighted by Crippen LogP contribution is 2.48. The molecule has 8 aromatic carbocycles. The van der Waals surface area contributed by atoms with Gasteiger partial charge in [-0.3, -0.25) is 0 Å². The van der Waals surface area contributed by atoms with E-state index in [1.807, 2.05) is 6.07 Å². The lowest BCUT2D eigenvalue weighted by molar-refractivity contribution is 0.673. The molecule has 4 heterocycles. The molecule has 0 spiro atoms. The molecule has 12 rings (SSSR count). The van der Waals surface area contributed by atoms with Gasteiger partial charge in [-0.25, -0.2) is 0 Å². The third-order valence-corrected chi connectivity index (χ3v) is 11.1. The van der Waals surface area contributed by atoms with Crippen LogP contribution in [0.1, 0.15) is 0 Å². The Morgan fingerprint density at radius 2 is 1.04 bits per heavy atom. The highest BCUT2D eigenvalue weighted by Gasteiger charge is 2.25. The van der Waals surface area contributed by atoms with Crippen LogP contribution >= 0.6 is 0 Å². The normalized spacial score (nSPS) is 12.3. The fourth-order valence-electron chi connectivity index (χ4n) is 8.89. The molecule has 3 aromatic heterocycles. The summed E-state index contributed by atoms with van der Waals surface area (Å²) in [5, 5.41) is 7.16. The zero-order valence-corrected chi connectivity index (χ0v) is 27.5. The van der Waals surface area contributed by atoms with E-state index in [9.17, 15) is 0 Å². The van der Waals surface area contributed by atoms with Gasteiger partial charge in [0.25, 0.3) is 0 Å². The predicted octanol–water partition coefficient (Wildman–Crippen LogP) is 13.1. The van der Waals surface area contributed by atoms with Crippen LogP contribution in [0.15, 0.2) is 174 Å². The maximum absolute atomic E-state index is 6.67. The minimum Gasteiger partial charge on any atom is -0.455 e. The quantitative estimate of drug-likeness (QED) is 0.183. The second-order valence-electron chi connectivity index (χ2n) is 13.7. The molecule has 0 bridgehead atoms. The number of rotatable bonds is 2. The largest absolute Gasteiger partial charge is 0.455 e. The summed E-state index contributed by atoms with van der Waals surface area (Å²) in [5.41, 5.74) is 16.3. The minimum absolute atomic E-state index is 0.911. The van der Waals surface area contributed by atoms with Crippen molar-refractivity contribution in [1.29, 1.82) is 0 Å². The van der Waals surface area contributed by atoms with Gasteiger partial charge in [0.1, 0.15) is 11.2 Å². The lowest BCUT2D eigenvalue weighted by Gasteiger charge is -2.15. The van der Waals surface area contributed by atoms with Crippen molar-refractivity contribution >= 4 is 65.6 Å². The first kappa shape index (κ1) is 27.0. The molecular weight excluding hydrogens is 621 g/mol. The molecule has 0 saturated heterocycles. The minimum atomic E-state index is 0.911. The summed E-state index contributed by atoms with van der Waals surface area (Å²) in [6, 6.07) is 61.8. The van der Waals surface area contributed by atoms with Crippen molar-refractivity contribution in [2.45, 2.75) is 0 Å². The molecule has 0 radical (unpaired) electrons. The Morgan fingerprint density at radius 1 is 0.373 bits per heavy atom. The van der Waals surface area contributed by atoms with Crippen molar-refractivity contribution in [3.05, 3.63) is 170 Å². The average molecular weight is 649 g/mol. The fourth-order valence-corrected chi connectivity index (χ4v) is 8.89. The van der Waals surface area contributed by atoms with Crippen molar-refractivity contribution in [3.63, 3.8) is 0 Å². The van der Waals surface area contributed by atoms with Crippen molar-refractivity contribution in [3.8, 4) is 44.8 Å². The fraction of sp³-hybridized carbons (Fsp3) is 0. The van der Waals surface area contributed by atoms with Crippen molar-refractivity contribution in [2.75, 3.05) is 0 Å². The van der Waals surface area contributed by atoms with E-state index in [1.54, 1.807) is 0 Å². The van der Waals surface area contributed by atoms with Gasteiger partial charge in [0.2, 0.25) is 0 Å². The van der Waals surface area contributed by atoms with Crippen LogP contribution in [0.2, 0.25) is 0 Å². The Bertz CT molecular complexity index is 3250. The van der Waals surface area contributed by atoms with Gasteiger partial charge in [-0.15, -0.1) is 0 Å². The van der Waals surface area contributed by atoms with E-state index in [0.717, 1.165) is 44.0 Å². The molecule has 3 nitrogen and oxygen atoms in total. The van der Waals surface area contributed by atoms with E-state index in [0.29, 0.717) is 0 Å². The van der Waals surface area contributed by atoms with Gasteiger partial charge < -0.3 is 13.6 Å². The van der Waals surface area contributed by atoms with Crippen molar-refractivity contribution < 1.29 is 4.42 Å². The number of para-hydroxylation sites is 4. The molecule has 51 heavy (non-hydrogen) atoms. The maximum atomic E-state index is 6.67. The maximum Gasteiger partial charge on any atom is 0.145 e. The summed E-state index contributed by atoms with van der Waals surface area (Å²) in [4.78, 5) is 0. The third-order valence-electron chi connectivity index (χ3n) is 11.1. The summed E-state index contributed by atoms with van der Waals surface area (Å²) in [6.45, 7) is 0. The summed E-state index contributed by atoms with van der Waals surface area (Å²) in [6.07, 6.45) is 0. The van der Waals surface area contributed by atoms with Crippen molar-refractivity contribution in [1.82, 2.24) is 9.13 Å². The number of nitrogens with zero attached hydrogens (tertiary/aromatic N) is 2. The molecule has 0 aliphatic carbocycles. The second-order valence-corrected chi connectivity index (χ2v) is 13.7. The number of hydrogen-bond donors (Lipinski definition) is 0. The Labute approximate surface area is 292 Å². The molecule has 0 amide bonds. The van der Waals surface area contributed by atoms with E-state index in [4.69, 9.17) is 4.42 Å². The molecule has 1 aliphatic heterocycles. The molecule has 1 aliphatic rings. The van der Waals surface area contributed by atoms with Gasteiger partial charge in [0.05, 0.1) is 33.1 Å². The molecule has 0 saturated carbocycles. The Balaban J connectivity index is 1.15. The number of aromatic nitrogens is 2. The second kappa shape index (κ2) is 9.87. The summed E-state index contributed by atoms with van der Waals surface area (Å²) < 4.78 is 11.5. The molecule has 3 heteroatoms. The van der Waals surface area contributed by atoms with Gasteiger partial charge in [-0.1, -0.05) is 109 Å². The lowest BCUT2D eigenvalue weighted by atomic mass is 9.91. The van der Waals surface area contributed by atoms with E-state index in [2.05, 4.69) is 173 Å². The first-order chi connectivity index (χ1) is 25.3. The summed E-state index contributed by atoms with van der Waals surface area (Å²) >= 11 is 0. The van der Waals surface area contributed by atoms with Gasteiger partial charge in [0.15, 0.2) is 0 Å². The summed E-state index contributed by atoms with van der Waals surface area (Å²) in [5.74, 6) is 0. The van der Waals surface area contributed by atoms with E-state index in [-0.39, 0.29) is 0 Å². The van der Waals surface area contributed by atoms with Gasteiger partial charge in [-0.05, 0) is 82.9 Å². The molecule has 0 fully saturated rings. The van der Waals surface area contributed by atoms with E-state index >= 15 is 0 Å². The average Bonchev–Trinajstić information content (AvgIpc) is 3.83. The van der Waals surface area contributed by atoms with Crippen LogP contribution in [0, 0.1) is 0 Å². The number of benzene rings is 8. The standard InChI is InChI=1S/C48H28N2O/c1-2-11-31(12-3-1)49-43-25-22-30(28-40(43)46-44(49)26-23-38-35-16-7-9-20-45(35)51-48(38)46)29-21-24-42-39(27-29)33-14-5-4-13-32(33)36-17-10-18-37-34-15-6-8-19-41(34)50(42)47(36)37/h1-28H. The molecule has 236 valence electrons. The SMILES string of the molecule is c1ccc(-n2c3ccc(-c4ccc5c(c4)-c4ccccc4-c4cccc6c7ccccc7n-5c46)cc3c3c4oc5ccccc5c4ccc32)cc1. The van der Waals surface area contributed by atoms with Crippen molar-refractivity contribution in [2.24, 2.45) is 0 Å². The van der Waals surface area contributed by atoms with Gasteiger partial charge in [0, 0.05) is 43.7 Å². The first-order valence-corrected chi connectivity index (χ1v) is 17.5. The molecule has 0 N–H and O–H groups in total. The number of hydrogen-bond acceptors (Lipinski definition) is 1. The van der Waals surface area contributed by atoms with Gasteiger partial charge >= 0.3 is 0 Å². The Morgan fingerprint density at radius 3 is 1.94 bits per heavy atom. The molecule has 0 unspecified atom stereocenters.